The molecule has 0 rings (SSSR count). The molecule has 0 aliphatic heterocycles. The molecule has 0 aliphatic carbocycles. The standard InChI is InChI=1S/C15H28O3Si/c1-8-9-13(10-11-14(16)17-5)12-18-19(6,7)15(2,3)4/h8,10-11,13H,1,9,12H2,2-7H3. The van der Waals surface area contributed by atoms with E-state index in [9.17, 15) is 4.79 Å². The maximum Gasteiger partial charge on any atom is 0.330 e. The Hall–Kier alpha value is -0.873. The molecule has 0 heterocycles. The van der Waals surface area contributed by atoms with Crippen LogP contribution in [0.5, 0.6) is 0 Å². The van der Waals surface area contributed by atoms with Crippen LogP contribution in [-0.2, 0) is 14.0 Å². The Morgan fingerprint density at radius 3 is 2.37 bits per heavy atom. The average Bonchev–Trinajstić information content (AvgIpc) is 2.30. The van der Waals surface area contributed by atoms with E-state index in [0.29, 0.717) is 6.61 Å². The molecule has 0 N–H and O–H groups in total. The van der Waals surface area contributed by atoms with Crippen molar-refractivity contribution in [2.45, 2.75) is 45.3 Å². The topological polar surface area (TPSA) is 35.5 Å². The molecule has 0 saturated carbocycles. The van der Waals surface area contributed by atoms with E-state index >= 15 is 0 Å². The van der Waals surface area contributed by atoms with Gasteiger partial charge in [0.05, 0.1) is 7.11 Å². The van der Waals surface area contributed by atoms with Crippen molar-refractivity contribution < 1.29 is 14.0 Å². The zero-order valence-electron chi connectivity index (χ0n) is 13.2. The fourth-order valence-corrected chi connectivity index (χ4v) is 2.29. The van der Waals surface area contributed by atoms with Crippen molar-refractivity contribution in [2.75, 3.05) is 13.7 Å². The molecule has 0 spiro atoms. The van der Waals surface area contributed by atoms with Gasteiger partial charge in [0.1, 0.15) is 0 Å². The number of carbonyl (C=O) groups excluding carboxylic acids is 1. The van der Waals surface area contributed by atoms with Crippen molar-refractivity contribution in [2.24, 2.45) is 5.92 Å². The first-order valence-electron chi connectivity index (χ1n) is 6.65. The number of ether oxygens (including phenoxy) is 1. The minimum absolute atomic E-state index is 0.172. The highest BCUT2D eigenvalue weighted by Gasteiger charge is 2.37. The van der Waals surface area contributed by atoms with Crippen LogP contribution in [0, 0.1) is 5.92 Å². The summed E-state index contributed by atoms with van der Waals surface area (Å²) in [6, 6.07) is 0. The molecule has 0 fully saturated rings. The van der Waals surface area contributed by atoms with Gasteiger partial charge in [-0.2, -0.15) is 0 Å². The summed E-state index contributed by atoms with van der Waals surface area (Å²) in [5, 5.41) is 0.192. The molecule has 0 amide bonds. The molecule has 1 unspecified atom stereocenters. The van der Waals surface area contributed by atoms with Gasteiger partial charge in [-0.25, -0.2) is 4.79 Å². The van der Waals surface area contributed by atoms with E-state index in [1.165, 1.54) is 13.2 Å². The molecular formula is C15H28O3Si. The minimum atomic E-state index is -1.75. The van der Waals surface area contributed by atoms with Crippen LogP contribution in [0.3, 0.4) is 0 Å². The lowest BCUT2D eigenvalue weighted by atomic mass is 10.1. The first kappa shape index (κ1) is 18.1. The molecule has 0 radical (unpaired) electrons. The molecule has 0 bridgehead atoms. The Kier molecular flexibility index (Phi) is 7.30. The van der Waals surface area contributed by atoms with Gasteiger partial charge in [0.15, 0.2) is 8.32 Å². The molecule has 0 aliphatic rings. The normalized spacial score (nSPS) is 14.4. The van der Waals surface area contributed by atoms with Crippen LogP contribution in [0.15, 0.2) is 24.8 Å². The van der Waals surface area contributed by atoms with Gasteiger partial charge in [-0.1, -0.05) is 32.9 Å². The van der Waals surface area contributed by atoms with Crippen molar-refractivity contribution >= 4 is 14.3 Å². The van der Waals surface area contributed by atoms with Crippen LogP contribution in [0.1, 0.15) is 27.2 Å². The van der Waals surface area contributed by atoms with Crippen LogP contribution in [0.2, 0.25) is 18.1 Å². The number of methoxy groups -OCH3 is 1. The largest absolute Gasteiger partial charge is 0.466 e. The minimum Gasteiger partial charge on any atom is -0.466 e. The monoisotopic (exact) mass is 284 g/mol. The molecular weight excluding hydrogens is 256 g/mol. The van der Waals surface area contributed by atoms with Crippen LogP contribution in [0.25, 0.3) is 0 Å². The van der Waals surface area contributed by atoms with Gasteiger partial charge >= 0.3 is 5.97 Å². The summed E-state index contributed by atoms with van der Waals surface area (Å²) in [5.41, 5.74) is 0. The van der Waals surface area contributed by atoms with Crippen LogP contribution >= 0.6 is 0 Å². The third-order valence-electron chi connectivity index (χ3n) is 3.64. The number of hydrogen-bond acceptors (Lipinski definition) is 3. The average molecular weight is 284 g/mol. The lowest BCUT2D eigenvalue weighted by molar-refractivity contribution is -0.134. The summed E-state index contributed by atoms with van der Waals surface area (Å²) >= 11 is 0. The predicted molar refractivity (Wildman–Crippen MR) is 82.6 cm³/mol. The van der Waals surface area contributed by atoms with Gasteiger partial charge in [-0.05, 0) is 24.6 Å². The third kappa shape index (κ3) is 6.73. The van der Waals surface area contributed by atoms with Crippen molar-refractivity contribution in [1.82, 2.24) is 0 Å². The van der Waals surface area contributed by atoms with Gasteiger partial charge in [0, 0.05) is 18.6 Å². The summed E-state index contributed by atoms with van der Waals surface area (Å²) in [4.78, 5) is 11.1. The summed E-state index contributed by atoms with van der Waals surface area (Å²) in [7, 11) is -0.369. The van der Waals surface area contributed by atoms with Gasteiger partial charge < -0.3 is 9.16 Å². The second-order valence-electron chi connectivity index (χ2n) is 6.24. The van der Waals surface area contributed by atoms with Crippen LogP contribution in [-0.4, -0.2) is 28.0 Å². The van der Waals surface area contributed by atoms with Crippen molar-refractivity contribution in [1.29, 1.82) is 0 Å². The maximum atomic E-state index is 11.1. The number of allylic oxidation sites excluding steroid dienone is 1. The number of esters is 1. The highest BCUT2D eigenvalue weighted by molar-refractivity contribution is 6.74. The van der Waals surface area contributed by atoms with Crippen LogP contribution in [0.4, 0.5) is 0 Å². The predicted octanol–water partition coefficient (Wildman–Crippen LogP) is 3.93. The summed E-state index contributed by atoms with van der Waals surface area (Å²) in [5.74, 6) is -0.160. The molecule has 0 saturated heterocycles. The zero-order chi connectivity index (χ0) is 15.1. The molecule has 1 atom stereocenters. The summed E-state index contributed by atoms with van der Waals surface area (Å²) < 4.78 is 10.8. The highest BCUT2D eigenvalue weighted by Crippen LogP contribution is 2.36. The third-order valence-corrected chi connectivity index (χ3v) is 8.14. The second-order valence-corrected chi connectivity index (χ2v) is 11.0. The Balaban J connectivity index is 4.56. The molecule has 0 aromatic rings. The number of carbonyl (C=O) groups is 1. The number of rotatable bonds is 7. The molecule has 110 valence electrons. The summed E-state index contributed by atoms with van der Waals surface area (Å²) in [6.45, 7) is 15.5. The molecule has 0 aromatic heterocycles. The van der Waals surface area contributed by atoms with E-state index in [0.717, 1.165) is 6.42 Å². The summed E-state index contributed by atoms with van der Waals surface area (Å²) in [6.07, 6.45) is 5.95. The maximum absolute atomic E-state index is 11.1. The van der Waals surface area contributed by atoms with Gasteiger partial charge in [-0.3, -0.25) is 0 Å². The van der Waals surface area contributed by atoms with E-state index in [1.54, 1.807) is 0 Å². The Morgan fingerprint density at radius 2 is 1.95 bits per heavy atom. The SMILES string of the molecule is C=CCC(C=CC(=O)OC)CO[Si](C)(C)C(C)(C)C. The van der Waals surface area contributed by atoms with Gasteiger partial charge in [0.25, 0.3) is 0 Å². The lowest BCUT2D eigenvalue weighted by Crippen LogP contribution is -2.41. The molecule has 4 heteroatoms. The first-order chi connectivity index (χ1) is 8.64. The Labute approximate surface area is 118 Å². The Bertz CT molecular complexity index is 327. The first-order valence-corrected chi connectivity index (χ1v) is 9.56. The quantitative estimate of drug-likeness (QED) is 0.307. The number of hydrogen-bond donors (Lipinski definition) is 0. The van der Waals surface area contributed by atoms with E-state index in [4.69, 9.17) is 4.43 Å². The van der Waals surface area contributed by atoms with Gasteiger partial charge in [-0.15, -0.1) is 6.58 Å². The molecule has 19 heavy (non-hydrogen) atoms. The van der Waals surface area contributed by atoms with E-state index < -0.39 is 8.32 Å². The molecule has 0 aromatic carbocycles. The van der Waals surface area contributed by atoms with E-state index in [1.807, 2.05) is 12.2 Å². The van der Waals surface area contributed by atoms with Gasteiger partial charge in [0.2, 0.25) is 0 Å². The molecule has 3 nitrogen and oxygen atoms in total. The van der Waals surface area contributed by atoms with E-state index in [-0.39, 0.29) is 16.9 Å². The van der Waals surface area contributed by atoms with Crippen molar-refractivity contribution in [3.8, 4) is 0 Å². The fourth-order valence-electron chi connectivity index (χ4n) is 1.23. The zero-order valence-corrected chi connectivity index (χ0v) is 14.2. The highest BCUT2D eigenvalue weighted by atomic mass is 28.4. The second kappa shape index (κ2) is 7.65. The van der Waals surface area contributed by atoms with Crippen molar-refractivity contribution in [3.63, 3.8) is 0 Å². The smallest absolute Gasteiger partial charge is 0.330 e. The van der Waals surface area contributed by atoms with Crippen molar-refractivity contribution in [3.05, 3.63) is 24.8 Å². The lowest BCUT2D eigenvalue weighted by Gasteiger charge is -2.37. The van der Waals surface area contributed by atoms with Crippen LogP contribution < -0.4 is 0 Å². The Morgan fingerprint density at radius 1 is 1.37 bits per heavy atom. The fraction of sp³-hybridized carbons (Fsp3) is 0.667. The van der Waals surface area contributed by atoms with E-state index in [2.05, 4.69) is 45.2 Å².